The molecule has 2 rings (SSSR count). The Morgan fingerprint density at radius 1 is 1.14 bits per heavy atom. The van der Waals surface area contributed by atoms with Crippen molar-refractivity contribution in [2.75, 3.05) is 26.2 Å². The molecule has 21 heavy (non-hydrogen) atoms. The number of rotatable bonds is 2. The van der Waals surface area contributed by atoms with Crippen molar-refractivity contribution < 1.29 is 13.2 Å². The van der Waals surface area contributed by atoms with Crippen molar-refractivity contribution in [3.63, 3.8) is 0 Å². The number of nitrogens with two attached hydrogens (primary N) is 1. The summed E-state index contributed by atoms with van der Waals surface area (Å²) in [5.41, 5.74) is 5.25. The Morgan fingerprint density at radius 2 is 1.86 bits per heavy atom. The third-order valence-corrected chi connectivity index (χ3v) is 6.65. The minimum Gasteiger partial charge on any atom is -0.351 e. The molecule has 9 heteroatoms. The molecule has 0 radical (unpaired) electrons. The summed E-state index contributed by atoms with van der Waals surface area (Å²) in [6, 6.07) is 4.42. The molecule has 1 aliphatic rings. The molecule has 0 bridgehead atoms. The number of carbonyl (C=O) groups is 1. The van der Waals surface area contributed by atoms with Gasteiger partial charge < -0.3 is 10.6 Å². The number of amides is 2. The van der Waals surface area contributed by atoms with E-state index in [-0.39, 0.29) is 11.4 Å². The van der Waals surface area contributed by atoms with E-state index in [1.165, 1.54) is 9.21 Å². The zero-order valence-corrected chi connectivity index (χ0v) is 15.1. The number of benzene rings is 1. The fraction of sp³-hybridized carbons (Fsp3) is 0.417. The number of carbonyl (C=O) groups excluding carboxylic acids is 1. The van der Waals surface area contributed by atoms with Gasteiger partial charge in [-0.15, -0.1) is 0 Å². The Kier molecular flexibility index (Phi) is 5.29. The summed E-state index contributed by atoms with van der Waals surface area (Å²) < 4.78 is 28.1. The Bertz CT molecular complexity index is 651. The molecule has 0 aliphatic carbocycles. The molecule has 1 aromatic rings. The van der Waals surface area contributed by atoms with Crippen LogP contribution in [0.2, 0.25) is 0 Å². The van der Waals surface area contributed by atoms with Crippen LogP contribution < -0.4 is 5.73 Å². The van der Waals surface area contributed by atoms with Crippen molar-refractivity contribution in [1.82, 2.24) is 9.21 Å². The van der Waals surface area contributed by atoms with Crippen LogP contribution in [0.1, 0.15) is 6.42 Å². The van der Waals surface area contributed by atoms with E-state index >= 15 is 0 Å². The first kappa shape index (κ1) is 16.7. The Labute approximate surface area is 140 Å². The Morgan fingerprint density at radius 3 is 2.48 bits per heavy atom. The van der Waals surface area contributed by atoms with Gasteiger partial charge in [-0.05, 0) is 40.5 Å². The predicted octanol–water partition coefficient (Wildman–Crippen LogP) is 1.99. The third-order valence-electron chi connectivity index (χ3n) is 3.28. The highest BCUT2D eigenvalue weighted by Crippen LogP contribution is 2.28. The Hall–Kier alpha value is -0.640. The second kappa shape index (κ2) is 6.64. The van der Waals surface area contributed by atoms with Gasteiger partial charge in [0.05, 0.1) is 4.90 Å². The first-order valence-corrected chi connectivity index (χ1v) is 9.34. The molecule has 0 unspecified atom stereocenters. The summed E-state index contributed by atoms with van der Waals surface area (Å²) in [6.45, 7) is 1.40. The van der Waals surface area contributed by atoms with E-state index in [0.29, 0.717) is 30.5 Å². The molecule has 0 atom stereocenters. The van der Waals surface area contributed by atoms with E-state index < -0.39 is 16.1 Å². The van der Waals surface area contributed by atoms with Crippen LogP contribution in [-0.4, -0.2) is 49.8 Å². The maximum Gasteiger partial charge on any atom is 0.314 e. The lowest BCUT2D eigenvalue weighted by molar-refractivity contribution is 0.210. The number of nitrogens with zero attached hydrogens (tertiary/aromatic N) is 2. The van der Waals surface area contributed by atoms with Gasteiger partial charge in [-0.25, -0.2) is 13.2 Å². The van der Waals surface area contributed by atoms with Crippen LogP contribution in [-0.2, 0) is 10.0 Å². The molecule has 0 saturated carbocycles. The van der Waals surface area contributed by atoms with Crippen molar-refractivity contribution in [3.8, 4) is 0 Å². The van der Waals surface area contributed by atoms with Gasteiger partial charge in [0.25, 0.3) is 0 Å². The molecule has 2 amide bonds. The smallest absolute Gasteiger partial charge is 0.314 e. The number of primary amides is 1. The number of halogens is 2. The topological polar surface area (TPSA) is 83.7 Å². The zero-order chi connectivity index (χ0) is 15.6. The van der Waals surface area contributed by atoms with Crippen molar-refractivity contribution >= 4 is 47.9 Å². The molecule has 2 N–H and O–H groups in total. The second-order valence-corrected chi connectivity index (χ2v) is 8.33. The Balaban J connectivity index is 2.25. The molecule has 0 aromatic heterocycles. The molecule has 116 valence electrons. The predicted molar refractivity (Wildman–Crippen MR) is 86.4 cm³/mol. The fourth-order valence-corrected chi connectivity index (χ4v) is 5.35. The fourth-order valence-electron chi connectivity index (χ4n) is 2.18. The quantitative estimate of drug-likeness (QED) is 0.763. The SMILES string of the molecule is NC(=O)N1CCCN(S(=O)(=O)c2ccc(Br)cc2Br)CC1. The average molecular weight is 441 g/mol. The summed E-state index contributed by atoms with van der Waals surface area (Å²) in [4.78, 5) is 12.9. The second-order valence-electron chi connectivity index (χ2n) is 4.66. The van der Waals surface area contributed by atoms with Crippen LogP contribution >= 0.6 is 31.9 Å². The molecule has 0 spiro atoms. The van der Waals surface area contributed by atoms with Crippen LogP contribution in [0, 0.1) is 0 Å². The van der Waals surface area contributed by atoms with Crippen LogP contribution in [0.25, 0.3) is 0 Å². The number of hydrogen-bond donors (Lipinski definition) is 1. The lowest BCUT2D eigenvalue weighted by atomic mass is 10.4. The van der Waals surface area contributed by atoms with Gasteiger partial charge in [0.2, 0.25) is 10.0 Å². The minimum absolute atomic E-state index is 0.221. The van der Waals surface area contributed by atoms with Crippen LogP contribution in [0.5, 0.6) is 0 Å². The lowest BCUT2D eigenvalue weighted by Crippen LogP contribution is -2.39. The number of sulfonamides is 1. The molecular weight excluding hydrogens is 426 g/mol. The van der Waals surface area contributed by atoms with E-state index in [1.807, 2.05) is 0 Å². The normalized spacial score (nSPS) is 17.5. The number of hydrogen-bond acceptors (Lipinski definition) is 3. The molecule has 1 fully saturated rings. The zero-order valence-electron chi connectivity index (χ0n) is 11.1. The minimum atomic E-state index is -3.60. The van der Waals surface area contributed by atoms with Crippen molar-refractivity contribution in [1.29, 1.82) is 0 Å². The van der Waals surface area contributed by atoms with Crippen LogP contribution in [0.3, 0.4) is 0 Å². The summed E-state index contributed by atoms with van der Waals surface area (Å²) in [5, 5.41) is 0. The van der Waals surface area contributed by atoms with Gasteiger partial charge in [0.15, 0.2) is 0 Å². The largest absolute Gasteiger partial charge is 0.351 e. The lowest BCUT2D eigenvalue weighted by Gasteiger charge is -2.21. The first-order valence-electron chi connectivity index (χ1n) is 6.32. The van der Waals surface area contributed by atoms with Gasteiger partial charge in [-0.2, -0.15) is 4.31 Å². The summed E-state index contributed by atoms with van der Waals surface area (Å²) in [6.07, 6.45) is 0.566. The molecular formula is C12H15Br2N3O3S. The molecule has 1 saturated heterocycles. The standard InChI is InChI=1S/C12H15Br2N3O3S/c13-9-2-3-11(10(14)8-9)21(19,20)17-5-1-4-16(6-7-17)12(15)18/h2-3,8H,1,4-7H2,(H2,15,18). The number of urea groups is 1. The summed E-state index contributed by atoms with van der Waals surface area (Å²) >= 11 is 6.58. The first-order chi connectivity index (χ1) is 9.82. The summed E-state index contributed by atoms with van der Waals surface area (Å²) in [5.74, 6) is 0. The molecule has 1 aromatic carbocycles. The van der Waals surface area contributed by atoms with Gasteiger partial charge in [-0.1, -0.05) is 15.9 Å². The van der Waals surface area contributed by atoms with E-state index in [4.69, 9.17) is 5.73 Å². The van der Waals surface area contributed by atoms with Gasteiger partial charge in [0, 0.05) is 35.1 Å². The van der Waals surface area contributed by atoms with Crippen LogP contribution in [0.15, 0.2) is 32.0 Å². The highest BCUT2D eigenvalue weighted by Gasteiger charge is 2.29. The highest BCUT2D eigenvalue weighted by molar-refractivity contribution is 9.11. The van der Waals surface area contributed by atoms with Crippen molar-refractivity contribution in [2.24, 2.45) is 5.73 Å². The summed E-state index contributed by atoms with van der Waals surface area (Å²) in [7, 11) is -3.60. The van der Waals surface area contributed by atoms with E-state index in [0.717, 1.165) is 4.47 Å². The monoisotopic (exact) mass is 439 g/mol. The van der Waals surface area contributed by atoms with Gasteiger partial charge in [0.1, 0.15) is 0 Å². The van der Waals surface area contributed by atoms with Crippen molar-refractivity contribution in [2.45, 2.75) is 11.3 Å². The van der Waals surface area contributed by atoms with E-state index in [2.05, 4.69) is 31.9 Å². The molecule has 6 nitrogen and oxygen atoms in total. The van der Waals surface area contributed by atoms with Crippen molar-refractivity contribution in [3.05, 3.63) is 27.1 Å². The average Bonchev–Trinajstić information content (AvgIpc) is 2.64. The van der Waals surface area contributed by atoms with E-state index in [1.54, 1.807) is 18.2 Å². The molecule has 1 heterocycles. The third kappa shape index (κ3) is 3.77. The van der Waals surface area contributed by atoms with E-state index in [9.17, 15) is 13.2 Å². The van der Waals surface area contributed by atoms with Gasteiger partial charge >= 0.3 is 6.03 Å². The maximum absolute atomic E-state index is 12.7. The molecule has 1 aliphatic heterocycles. The van der Waals surface area contributed by atoms with Gasteiger partial charge in [-0.3, -0.25) is 0 Å². The maximum atomic E-state index is 12.7. The van der Waals surface area contributed by atoms with Crippen LogP contribution in [0.4, 0.5) is 4.79 Å². The highest BCUT2D eigenvalue weighted by atomic mass is 79.9.